The topological polar surface area (TPSA) is 65.0 Å². The summed E-state index contributed by atoms with van der Waals surface area (Å²) in [6.45, 7) is 0. The first-order valence-electron chi connectivity index (χ1n) is 18.8. The van der Waals surface area contributed by atoms with Gasteiger partial charge in [-0.3, -0.25) is 0 Å². The standard InChI is InChI=1S/C51H29N3O2/c1-3-12-32-26-35(22-20-30(32)10-1)42-28-34-14-5-6-15-38(34)48-47(42)40-25-24-37(29-45(40)56-48)50-52-49(36-23-21-31-11-2-4-13-33(31)27-36)53-51(54-50)41-17-9-19-44-46(41)39-16-7-8-18-43(39)55-44/h1-29H. The maximum atomic E-state index is 6.87. The number of rotatable bonds is 4. The van der Waals surface area contributed by atoms with Crippen molar-refractivity contribution in [3.05, 3.63) is 176 Å². The van der Waals surface area contributed by atoms with Crippen LogP contribution in [-0.2, 0) is 0 Å². The largest absolute Gasteiger partial charge is 0.456 e. The van der Waals surface area contributed by atoms with Crippen LogP contribution in [0.5, 0.6) is 0 Å². The number of aromatic nitrogens is 3. The minimum Gasteiger partial charge on any atom is -0.456 e. The zero-order valence-electron chi connectivity index (χ0n) is 29.9. The van der Waals surface area contributed by atoms with E-state index in [1.54, 1.807) is 0 Å². The van der Waals surface area contributed by atoms with Crippen molar-refractivity contribution in [2.45, 2.75) is 0 Å². The Hall–Kier alpha value is -7.63. The van der Waals surface area contributed by atoms with E-state index >= 15 is 0 Å². The second-order valence-corrected chi connectivity index (χ2v) is 14.4. The molecule has 0 aliphatic carbocycles. The van der Waals surface area contributed by atoms with Crippen LogP contribution in [0.15, 0.2) is 185 Å². The van der Waals surface area contributed by atoms with Gasteiger partial charge in [0.05, 0.1) is 0 Å². The number of hydrogen-bond donors (Lipinski definition) is 0. The van der Waals surface area contributed by atoms with Gasteiger partial charge in [0, 0.05) is 43.6 Å². The lowest BCUT2D eigenvalue weighted by molar-refractivity contribution is 0.669. The van der Waals surface area contributed by atoms with E-state index in [9.17, 15) is 0 Å². The van der Waals surface area contributed by atoms with Crippen molar-refractivity contribution in [1.82, 2.24) is 15.0 Å². The monoisotopic (exact) mass is 715 g/mol. The average molecular weight is 716 g/mol. The summed E-state index contributed by atoms with van der Waals surface area (Å²) in [4.78, 5) is 15.5. The number of furan rings is 2. The summed E-state index contributed by atoms with van der Waals surface area (Å²) in [6.07, 6.45) is 0. The smallest absolute Gasteiger partial charge is 0.164 e. The second kappa shape index (κ2) is 11.9. The highest BCUT2D eigenvalue weighted by atomic mass is 16.3. The van der Waals surface area contributed by atoms with Crippen molar-refractivity contribution in [2.75, 3.05) is 0 Å². The van der Waals surface area contributed by atoms with Gasteiger partial charge in [0.25, 0.3) is 0 Å². The van der Waals surface area contributed by atoms with Gasteiger partial charge in [-0.05, 0) is 80.5 Å². The van der Waals surface area contributed by atoms with Crippen molar-refractivity contribution in [3.8, 4) is 45.3 Å². The molecule has 0 bridgehead atoms. The summed E-state index contributed by atoms with van der Waals surface area (Å²) in [5, 5.41) is 11.0. The molecule has 0 N–H and O–H groups in total. The lowest BCUT2D eigenvalue weighted by Crippen LogP contribution is -2.00. The predicted molar refractivity (Wildman–Crippen MR) is 229 cm³/mol. The maximum Gasteiger partial charge on any atom is 0.164 e. The molecule has 0 unspecified atom stereocenters. The first-order valence-corrected chi connectivity index (χ1v) is 18.8. The molecule has 0 atom stereocenters. The number of hydrogen-bond acceptors (Lipinski definition) is 5. The third kappa shape index (κ3) is 4.78. The molecule has 0 saturated carbocycles. The van der Waals surface area contributed by atoms with Crippen LogP contribution in [0.3, 0.4) is 0 Å². The van der Waals surface area contributed by atoms with Gasteiger partial charge in [-0.15, -0.1) is 0 Å². The number of nitrogens with zero attached hydrogens (tertiary/aromatic N) is 3. The highest BCUT2D eigenvalue weighted by Crippen LogP contribution is 2.43. The zero-order chi connectivity index (χ0) is 36.7. The van der Waals surface area contributed by atoms with Crippen LogP contribution in [0.2, 0.25) is 0 Å². The third-order valence-corrected chi connectivity index (χ3v) is 11.1. The lowest BCUT2D eigenvalue weighted by atomic mass is 9.94. The van der Waals surface area contributed by atoms with Gasteiger partial charge < -0.3 is 8.83 Å². The molecule has 0 spiro atoms. The van der Waals surface area contributed by atoms with Gasteiger partial charge in [0.15, 0.2) is 17.5 Å². The molecule has 0 amide bonds. The van der Waals surface area contributed by atoms with Crippen LogP contribution in [-0.4, -0.2) is 15.0 Å². The first kappa shape index (κ1) is 30.8. The normalized spacial score (nSPS) is 11.9. The van der Waals surface area contributed by atoms with Gasteiger partial charge in [-0.2, -0.15) is 0 Å². The van der Waals surface area contributed by atoms with Crippen molar-refractivity contribution in [3.63, 3.8) is 0 Å². The molecular formula is C51H29N3O2. The highest BCUT2D eigenvalue weighted by molar-refractivity contribution is 6.21. The molecule has 12 aromatic rings. The fraction of sp³-hybridized carbons (Fsp3) is 0. The summed E-state index contributed by atoms with van der Waals surface area (Å²) < 4.78 is 13.1. The Balaban J connectivity index is 1.09. The Kier molecular flexibility index (Phi) is 6.56. The first-order chi connectivity index (χ1) is 27.7. The fourth-order valence-corrected chi connectivity index (χ4v) is 8.38. The molecule has 56 heavy (non-hydrogen) atoms. The molecule has 0 fully saturated rings. The highest BCUT2D eigenvalue weighted by Gasteiger charge is 2.21. The molecular weight excluding hydrogens is 687 g/mol. The van der Waals surface area contributed by atoms with E-state index in [1.807, 2.05) is 30.3 Å². The number of para-hydroxylation sites is 1. The molecule has 260 valence electrons. The van der Waals surface area contributed by atoms with Gasteiger partial charge in [0.1, 0.15) is 22.3 Å². The van der Waals surface area contributed by atoms with E-state index in [4.69, 9.17) is 23.8 Å². The minimum absolute atomic E-state index is 0.560. The number of benzene rings is 9. The molecule has 3 aromatic heterocycles. The maximum absolute atomic E-state index is 6.87. The molecule has 12 rings (SSSR count). The minimum atomic E-state index is 0.560. The summed E-state index contributed by atoms with van der Waals surface area (Å²) in [7, 11) is 0. The summed E-state index contributed by atoms with van der Waals surface area (Å²) >= 11 is 0. The molecule has 0 aliphatic rings. The van der Waals surface area contributed by atoms with Crippen LogP contribution in [0.1, 0.15) is 0 Å². The van der Waals surface area contributed by atoms with Gasteiger partial charge in [0.2, 0.25) is 0 Å². The molecule has 0 saturated heterocycles. The predicted octanol–water partition coefficient (Wildman–Crippen LogP) is 13.8. The summed E-state index contributed by atoms with van der Waals surface area (Å²) in [5.74, 6) is 1.73. The summed E-state index contributed by atoms with van der Waals surface area (Å²) in [6, 6.07) is 61.1. The molecule has 9 aromatic carbocycles. The molecule has 5 heteroatoms. The van der Waals surface area contributed by atoms with E-state index in [0.29, 0.717) is 17.5 Å². The van der Waals surface area contributed by atoms with Crippen molar-refractivity contribution >= 4 is 76.2 Å². The van der Waals surface area contributed by atoms with Crippen molar-refractivity contribution < 1.29 is 8.83 Å². The van der Waals surface area contributed by atoms with Crippen molar-refractivity contribution in [2.24, 2.45) is 0 Å². The van der Waals surface area contributed by atoms with E-state index in [-0.39, 0.29) is 0 Å². The van der Waals surface area contributed by atoms with E-state index < -0.39 is 0 Å². The lowest BCUT2D eigenvalue weighted by Gasteiger charge is -2.10. The van der Waals surface area contributed by atoms with Gasteiger partial charge in [-0.25, -0.2) is 15.0 Å². The Labute approximate surface area is 320 Å². The van der Waals surface area contributed by atoms with Gasteiger partial charge in [-0.1, -0.05) is 133 Å². The average Bonchev–Trinajstić information content (AvgIpc) is 3.84. The van der Waals surface area contributed by atoms with Crippen LogP contribution < -0.4 is 0 Å². The van der Waals surface area contributed by atoms with Crippen LogP contribution in [0, 0.1) is 0 Å². The Morgan fingerprint density at radius 2 is 0.875 bits per heavy atom. The summed E-state index contributed by atoms with van der Waals surface area (Å²) in [5.41, 5.74) is 8.16. The third-order valence-electron chi connectivity index (χ3n) is 11.1. The quantitative estimate of drug-likeness (QED) is 0.181. The molecule has 0 radical (unpaired) electrons. The fourth-order valence-electron chi connectivity index (χ4n) is 8.38. The number of fused-ring (bicyclic) bond motifs is 10. The zero-order valence-corrected chi connectivity index (χ0v) is 29.9. The van der Waals surface area contributed by atoms with E-state index in [2.05, 4.69) is 146 Å². The Morgan fingerprint density at radius 3 is 1.66 bits per heavy atom. The van der Waals surface area contributed by atoms with Crippen LogP contribution >= 0.6 is 0 Å². The van der Waals surface area contributed by atoms with Gasteiger partial charge >= 0.3 is 0 Å². The molecule has 0 aliphatic heterocycles. The Bertz CT molecular complexity index is 3560. The van der Waals surface area contributed by atoms with Crippen LogP contribution in [0.25, 0.3) is 121 Å². The Morgan fingerprint density at radius 1 is 0.304 bits per heavy atom. The second-order valence-electron chi connectivity index (χ2n) is 14.4. The molecule has 3 heterocycles. The van der Waals surface area contributed by atoms with Crippen LogP contribution in [0.4, 0.5) is 0 Å². The van der Waals surface area contributed by atoms with Crippen molar-refractivity contribution in [1.29, 1.82) is 0 Å². The van der Waals surface area contributed by atoms with E-state index in [1.165, 1.54) is 10.8 Å². The molecule has 5 nitrogen and oxygen atoms in total. The SMILES string of the molecule is c1ccc2cc(-c3nc(-c4ccc5c(c4)oc4c6ccccc6cc(-c6ccc7ccccc7c6)c54)nc(-c4cccc5oc6ccccc6c45)n3)ccc2c1. The van der Waals surface area contributed by atoms with E-state index in [0.717, 1.165) is 93.2 Å².